The molecule has 7 heteroatoms. The van der Waals surface area contributed by atoms with E-state index >= 15 is 0 Å². The molecule has 0 atom stereocenters. The van der Waals surface area contributed by atoms with E-state index in [1.165, 1.54) is 19.3 Å². The number of carbonyl (C=O) groups excluding carboxylic acids is 1. The van der Waals surface area contributed by atoms with E-state index in [1.54, 1.807) is 12.1 Å². The number of anilines is 1. The van der Waals surface area contributed by atoms with Crippen molar-refractivity contribution in [3.8, 4) is 0 Å². The van der Waals surface area contributed by atoms with Crippen molar-refractivity contribution in [3.05, 3.63) is 22.8 Å². The van der Waals surface area contributed by atoms with Crippen LogP contribution in [0.25, 0.3) is 0 Å². The number of hydrogen-bond acceptors (Lipinski definition) is 5. The van der Waals surface area contributed by atoms with Gasteiger partial charge in [0.1, 0.15) is 11.0 Å². The minimum absolute atomic E-state index is 0.144. The van der Waals surface area contributed by atoms with Crippen LogP contribution in [0.2, 0.25) is 5.15 Å². The van der Waals surface area contributed by atoms with Crippen LogP contribution in [0.15, 0.2) is 12.1 Å². The highest BCUT2D eigenvalue weighted by Crippen LogP contribution is 2.38. The highest BCUT2D eigenvalue weighted by molar-refractivity contribution is 8.00. The molecule has 0 bridgehead atoms. The lowest BCUT2D eigenvalue weighted by molar-refractivity contribution is 0.0947. The first-order valence-corrected chi connectivity index (χ1v) is 8.66. The SMILES string of the molecule is CSC1(CNC(=O)c2cc(Cl)nc(NN)c2)CCCCC1. The predicted octanol–water partition coefficient (Wildman–Crippen LogP) is 2.82. The average Bonchev–Trinajstić information content (AvgIpc) is 2.52. The van der Waals surface area contributed by atoms with E-state index in [1.807, 2.05) is 11.8 Å². The van der Waals surface area contributed by atoms with Crippen LogP contribution >= 0.6 is 23.4 Å². The Hall–Kier alpha value is -0.980. The van der Waals surface area contributed by atoms with Crippen molar-refractivity contribution in [2.45, 2.75) is 36.9 Å². The third kappa shape index (κ3) is 4.25. The summed E-state index contributed by atoms with van der Waals surface area (Å²) in [6.07, 6.45) is 8.19. The van der Waals surface area contributed by atoms with Gasteiger partial charge in [0.15, 0.2) is 0 Å². The molecule has 116 valence electrons. The molecule has 1 fully saturated rings. The number of pyridine rings is 1. The summed E-state index contributed by atoms with van der Waals surface area (Å²) in [6, 6.07) is 3.14. The number of hydrazine groups is 1. The smallest absolute Gasteiger partial charge is 0.251 e. The van der Waals surface area contributed by atoms with Crippen LogP contribution in [0.3, 0.4) is 0 Å². The summed E-state index contributed by atoms with van der Waals surface area (Å²) in [6.45, 7) is 0.679. The second-order valence-corrected chi connectivity index (χ2v) is 7.00. The van der Waals surface area contributed by atoms with Crippen molar-refractivity contribution in [1.29, 1.82) is 0 Å². The van der Waals surface area contributed by atoms with Crippen LogP contribution in [0, 0.1) is 0 Å². The second-order valence-electron chi connectivity index (χ2n) is 5.34. The highest BCUT2D eigenvalue weighted by Gasteiger charge is 2.31. The van der Waals surface area contributed by atoms with Crippen LogP contribution in [0.5, 0.6) is 0 Å². The first-order valence-electron chi connectivity index (χ1n) is 7.06. The van der Waals surface area contributed by atoms with Gasteiger partial charge < -0.3 is 10.7 Å². The van der Waals surface area contributed by atoms with Crippen molar-refractivity contribution in [3.63, 3.8) is 0 Å². The molecule has 21 heavy (non-hydrogen) atoms. The fraction of sp³-hybridized carbons (Fsp3) is 0.571. The van der Waals surface area contributed by atoms with Gasteiger partial charge in [-0.3, -0.25) is 4.79 Å². The summed E-state index contributed by atoms with van der Waals surface area (Å²) in [7, 11) is 0. The third-order valence-corrected chi connectivity index (χ3v) is 5.59. The number of carbonyl (C=O) groups is 1. The highest BCUT2D eigenvalue weighted by atomic mass is 35.5. The summed E-state index contributed by atoms with van der Waals surface area (Å²) in [5.41, 5.74) is 2.88. The monoisotopic (exact) mass is 328 g/mol. The van der Waals surface area contributed by atoms with Crippen LogP contribution in [-0.4, -0.2) is 28.4 Å². The molecular formula is C14H21ClN4OS. The van der Waals surface area contributed by atoms with Gasteiger partial charge in [-0.15, -0.1) is 0 Å². The molecule has 2 rings (SSSR count). The van der Waals surface area contributed by atoms with Crippen molar-refractivity contribution in [2.24, 2.45) is 5.84 Å². The minimum Gasteiger partial charge on any atom is -0.351 e. The largest absolute Gasteiger partial charge is 0.351 e. The molecule has 0 spiro atoms. The van der Waals surface area contributed by atoms with Crippen molar-refractivity contribution < 1.29 is 4.79 Å². The van der Waals surface area contributed by atoms with Gasteiger partial charge in [-0.1, -0.05) is 30.9 Å². The summed E-state index contributed by atoms with van der Waals surface area (Å²) in [4.78, 5) is 16.3. The number of hydrogen-bond donors (Lipinski definition) is 3. The summed E-state index contributed by atoms with van der Waals surface area (Å²) in [5, 5.41) is 3.27. The van der Waals surface area contributed by atoms with Gasteiger partial charge in [0.2, 0.25) is 0 Å². The van der Waals surface area contributed by atoms with E-state index in [9.17, 15) is 4.79 Å². The van der Waals surface area contributed by atoms with Crippen molar-refractivity contribution >= 4 is 35.1 Å². The molecule has 0 saturated heterocycles. The van der Waals surface area contributed by atoms with Gasteiger partial charge in [0, 0.05) is 16.9 Å². The lowest BCUT2D eigenvalue weighted by atomic mass is 9.88. The maximum Gasteiger partial charge on any atom is 0.251 e. The Balaban J connectivity index is 2.02. The van der Waals surface area contributed by atoms with Gasteiger partial charge in [0.05, 0.1) is 0 Å². The molecular weight excluding hydrogens is 308 g/mol. The molecule has 0 aliphatic heterocycles. The van der Waals surface area contributed by atoms with Gasteiger partial charge >= 0.3 is 0 Å². The van der Waals surface area contributed by atoms with E-state index < -0.39 is 0 Å². The Bertz CT molecular complexity index is 506. The Labute approximate surface area is 134 Å². The number of nitrogens with two attached hydrogens (primary N) is 1. The van der Waals surface area contributed by atoms with E-state index in [0.29, 0.717) is 17.9 Å². The zero-order valence-electron chi connectivity index (χ0n) is 12.1. The molecule has 5 nitrogen and oxygen atoms in total. The molecule has 1 aliphatic carbocycles. The Morgan fingerprint density at radius 1 is 1.43 bits per heavy atom. The van der Waals surface area contributed by atoms with Gasteiger partial charge in [-0.25, -0.2) is 10.8 Å². The maximum atomic E-state index is 12.3. The topological polar surface area (TPSA) is 80.0 Å². The molecule has 1 heterocycles. The molecule has 0 aromatic carbocycles. The van der Waals surface area contributed by atoms with Crippen molar-refractivity contribution in [1.82, 2.24) is 10.3 Å². The number of nitrogens with zero attached hydrogens (tertiary/aromatic N) is 1. The van der Waals surface area contributed by atoms with Crippen molar-refractivity contribution in [2.75, 3.05) is 18.2 Å². The molecule has 1 aromatic heterocycles. The number of halogens is 1. The molecule has 1 amide bonds. The maximum absolute atomic E-state index is 12.3. The zero-order chi connectivity index (χ0) is 15.3. The van der Waals surface area contributed by atoms with Crippen LogP contribution in [0.4, 0.5) is 5.82 Å². The van der Waals surface area contributed by atoms with Crippen LogP contribution < -0.4 is 16.6 Å². The first kappa shape index (κ1) is 16.4. The average molecular weight is 329 g/mol. The predicted molar refractivity (Wildman–Crippen MR) is 88.7 cm³/mol. The number of thioether (sulfide) groups is 1. The molecule has 1 aromatic rings. The standard InChI is InChI=1S/C14H21ClN4OS/c1-21-14(5-3-2-4-6-14)9-17-13(20)10-7-11(15)18-12(8-10)19-16/h7-8H,2-6,9,16H2,1H3,(H,17,20)(H,18,19). The molecule has 0 unspecified atom stereocenters. The van der Waals surface area contributed by atoms with E-state index in [0.717, 1.165) is 12.8 Å². The second kappa shape index (κ2) is 7.33. The van der Waals surface area contributed by atoms with Crippen LogP contribution in [0.1, 0.15) is 42.5 Å². The van der Waals surface area contributed by atoms with E-state index in [4.69, 9.17) is 17.4 Å². The Morgan fingerprint density at radius 2 is 2.14 bits per heavy atom. The summed E-state index contributed by atoms with van der Waals surface area (Å²) >= 11 is 7.74. The number of nitrogens with one attached hydrogen (secondary N) is 2. The van der Waals surface area contributed by atoms with E-state index in [2.05, 4.69) is 22.0 Å². The molecule has 1 saturated carbocycles. The fourth-order valence-corrected chi connectivity index (χ4v) is 3.82. The normalized spacial score (nSPS) is 17.3. The first-order chi connectivity index (χ1) is 10.1. The molecule has 4 N–H and O–H groups in total. The third-order valence-electron chi connectivity index (χ3n) is 3.97. The minimum atomic E-state index is -0.144. The van der Waals surface area contributed by atoms with E-state index in [-0.39, 0.29) is 15.8 Å². The summed E-state index contributed by atoms with van der Waals surface area (Å²) in [5.74, 6) is 5.55. The zero-order valence-corrected chi connectivity index (χ0v) is 13.7. The van der Waals surface area contributed by atoms with Crippen LogP contribution in [-0.2, 0) is 0 Å². The number of aromatic nitrogens is 1. The van der Waals surface area contributed by atoms with Gasteiger partial charge in [-0.05, 0) is 31.2 Å². The number of amides is 1. The Kier molecular flexibility index (Phi) is 5.72. The fourth-order valence-electron chi connectivity index (χ4n) is 2.69. The number of nitrogen functional groups attached to an aromatic ring is 1. The number of rotatable bonds is 5. The molecule has 0 radical (unpaired) electrons. The molecule has 1 aliphatic rings. The lowest BCUT2D eigenvalue weighted by Gasteiger charge is -2.35. The lowest BCUT2D eigenvalue weighted by Crippen LogP contribution is -2.41. The quantitative estimate of drug-likeness (QED) is 0.440. The Morgan fingerprint density at radius 3 is 2.76 bits per heavy atom. The van der Waals surface area contributed by atoms with Gasteiger partial charge in [0.25, 0.3) is 5.91 Å². The van der Waals surface area contributed by atoms with Gasteiger partial charge in [-0.2, -0.15) is 11.8 Å². The summed E-state index contributed by atoms with van der Waals surface area (Å²) < 4.78 is 0.166.